The second-order valence-corrected chi connectivity index (χ2v) is 7.28. The lowest BCUT2D eigenvalue weighted by atomic mass is 9.96. The molecule has 1 fully saturated rings. The molecule has 142 valence electrons. The van der Waals surface area contributed by atoms with Crippen molar-refractivity contribution in [3.05, 3.63) is 60.2 Å². The molecular weight excluding hydrogens is 340 g/mol. The minimum absolute atomic E-state index is 0.0486. The van der Waals surface area contributed by atoms with Gasteiger partial charge in [0, 0.05) is 17.7 Å². The summed E-state index contributed by atoms with van der Waals surface area (Å²) >= 11 is 0. The number of hydrogen-bond acceptors (Lipinski definition) is 3. The maximum Gasteiger partial charge on any atom is 0.258 e. The van der Waals surface area contributed by atoms with Gasteiger partial charge in [-0.2, -0.15) is 0 Å². The molecule has 1 aliphatic rings. The SMILES string of the molecule is CC(C)C(NC(=O)COc1cccc(NC(=O)C2CC2)c1)c1ccccc1. The van der Waals surface area contributed by atoms with Gasteiger partial charge in [0.05, 0.1) is 6.04 Å². The molecule has 0 saturated heterocycles. The van der Waals surface area contributed by atoms with Gasteiger partial charge < -0.3 is 15.4 Å². The Bertz CT molecular complexity index is 785. The zero-order chi connectivity index (χ0) is 19.2. The van der Waals surface area contributed by atoms with E-state index < -0.39 is 0 Å². The van der Waals surface area contributed by atoms with Crippen LogP contribution in [-0.2, 0) is 9.59 Å². The fourth-order valence-corrected chi connectivity index (χ4v) is 2.91. The Morgan fingerprint density at radius 2 is 1.81 bits per heavy atom. The van der Waals surface area contributed by atoms with Gasteiger partial charge in [-0.3, -0.25) is 9.59 Å². The maximum atomic E-state index is 12.4. The number of carbonyl (C=O) groups is 2. The fourth-order valence-electron chi connectivity index (χ4n) is 2.91. The van der Waals surface area contributed by atoms with Crippen molar-refractivity contribution in [3.63, 3.8) is 0 Å². The van der Waals surface area contributed by atoms with Crippen LogP contribution >= 0.6 is 0 Å². The molecule has 5 nitrogen and oxygen atoms in total. The number of amides is 2. The van der Waals surface area contributed by atoms with Gasteiger partial charge in [-0.25, -0.2) is 0 Å². The second-order valence-electron chi connectivity index (χ2n) is 7.28. The van der Waals surface area contributed by atoms with Gasteiger partial charge in [0.25, 0.3) is 5.91 Å². The Morgan fingerprint density at radius 1 is 1.07 bits per heavy atom. The van der Waals surface area contributed by atoms with Crippen molar-refractivity contribution in [3.8, 4) is 5.75 Å². The van der Waals surface area contributed by atoms with E-state index >= 15 is 0 Å². The summed E-state index contributed by atoms with van der Waals surface area (Å²) in [6.45, 7) is 4.08. The molecule has 0 radical (unpaired) electrons. The lowest BCUT2D eigenvalue weighted by molar-refractivity contribution is -0.124. The van der Waals surface area contributed by atoms with Crippen molar-refractivity contribution in [2.75, 3.05) is 11.9 Å². The number of rotatable bonds is 8. The molecule has 3 rings (SSSR count). The molecule has 1 saturated carbocycles. The Balaban J connectivity index is 1.54. The summed E-state index contributed by atoms with van der Waals surface area (Å²) in [5, 5.41) is 5.92. The summed E-state index contributed by atoms with van der Waals surface area (Å²) in [4.78, 5) is 24.2. The number of nitrogens with one attached hydrogen (secondary N) is 2. The first-order chi connectivity index (χ1) is 13.0. The third-order valence-electron chi connectivity index (χ3n) is 4.56. The highest BCUT2D eigenvalue weighted by atomic mass is 16.5. The van der Waals surface area contributed by atoms with Gasteiger partial charge in [0.1, 0.15) is 5.75 Å². The van der Waals surface area contributed by atoms with Crippen LogP contribution in [0.5, 0.6) is 5.75 Å². The molecule has 0 aliphatic heterocycles. The van der Waals surface area contributed by atoms with Crippen molar-refractivity contribution in [1.29, 1.82) is 0 Å². The average Bonchev–Trinajstić information content (AvgIpc) is 3.50. The predicted octanol–water partition coefficient (Wildman–Crippen LogP) is 3.93. The smallest absolute Gasteiger partial charge is 0.258 e. The standard InChI is InChI=1S/C22H26N2O3/c1-15(2)21(16-7-4-3-5-8-16)24-20(25)14-27-19-10-6-9-18(13-19)23-22(26)17-11-12-17/h3-10,13,15,17,21H,11-12,14H2,1-2H3,(H,23,26)(H,24,25). The highest BCUT2D eigenvalue weighted by molar-refractivity contribution is 5.94. The molecule has 0 spiro atoms. The van der Waals surface area contributed by atoms with Crippen molar-refractivity contribution in [2.45, 2.75) is 32.7 Å². The first-order valence-electron chi connectivity index (χ1n) is 9.41. The summed E-state index contributed by atoms with van der Waals surface area (Å²) < 4.78 is 5.62. The number of benzene rings is 2. The molecule has 2 aromatic carbocycles. The molecule has 2 aromatic rings. The number of anilines is 1. The van der Waals surface area contributed by atoms with Gasteiger partial charge in [-0.1, -0.05) is 50.2 Å². The normalized spacial score (nSPS) is 14.5. The van der Waals surface area contributed by atoms with Crippen LogP contribution in [-0.4, -0.2) is 18.4 Å². The van der Waals surface area contributed by atoms with Crippen LogP contribution in [0, 0.1) is 11.8 Å². The van der Waals surface area contributed by atoms with Crippen LogP contribution in [0.25, 0.3) is 0 Å². The van der Waals surface area contributed by atoms with Crippen LogP contribution in [0.15, 0.2) is 54.6 Å². The molecule has 0 bridgehead atoms. The van der Waals surface area contributed by atoms with E-state index in [9.17, 15) is 9.59 Å². The van der Waals surface area contributed by atoms with E-state index in [2.05, 4.69) is 24.5 Å². The van der Waals surface area contributed by atoms with E-state index in [1.165, 1.54) is 0 Å². The first kappa shape index (κ1) is 19.0. The predicted molar refractivity (Wildman–Crippen MR) is 105 cm³/mol. The monoisotopic (exact) mass is 366 g/mol. The number of carbonyl (C=O) groups excluding carboxylic acids is 2. The minimum Gasteiger partial charge on any atom is -0.484 e. The third kappa shape index (κ3) is 5.58. The van der Waals surface area contributed by atoms with E-state index in [1.54, 1.807) is 18.2 Å². The first-order valence-corrected chi connectivity index (χ1v) is 9.41. The van der Waals surface area contributed by atoms with Crippen molar-refractivity contribution in [1.82, 2.24) is 5.32 Å². The van der Waals surface area contributed by atoms with Crippen LogP contribution in [0.2, 0.25) is 0 Å². The largest absolute Gasteiger partial charge is 0.484 e. The van der Waals surface area contributed by atoms with Crippen LogP contribution in [0.1, 0.15) is 38.3 Å². The van der Waals surface area contributed by atoms with Gasteiger partial charge in [-0.15, -0.1) is 0 Å². The molecule has 1 aliphatic carbocycles. The lowest BCUT2D eigenvalue weighted by Crippen LogP contribution is -2.35. The second kappa shape index (κ2) is 8.71. The summed E-state index contributed by atoms with van der Waals surface area (Å²) in [7, 11) is 0. The molecule has 2 amide bonds. The summed E-state index contributed by atoms with van der Waals surface area (Å²) in [5.41, 5.74) is 1.76. The molecule has 27 heavy (non-hydrogen) atoms. The van der Waals surface area contributed by atoms with Gasteiger partial charge in [0.15, 0.2) is 6.61 Å². The van der Waals surface area contributed by atoms with Crippen LogP contribution in [0.3, 0.4) is 0 Å². The number of hydrogen-bond donors (Lipinski definition) is 2. The van der Waals surface area contributed by atoms with Crippen molar-refractivity contribution < 1.29 is 14.3 Å². The molecule has 5 heteroatoms. The lowest BCUT2D eigenvalue weighted by Gasteiger charge is -2.23. The van der Waals surface area contributed by atoms with Gasteiger partial charge >= 0.3 is 0 Å². The Morgan fingerprint density at radius 3 is 2.48 bits per heavy atom. The zero-order valence-corrected chi connectivity index (χ0v) is 15.8. The van der Waals surface area contributed by atoms with Crippen molar-refractivity contribution in [2.24, 2.45) is 11.8 Å². The summed E-state index contributed by atoms with van der Waals surface area (Å²) in [6.07, 6.45) is 1.92. The van der Waals surface area contributed by atoms with E-state index in [0.29, 0.717) is 11.4 Å². The van der Waals surface area contributed by atoms with Gasteiger partial charge in [-0.05, 0) is 36.5 Å². The maximum absolute atomic E-state index is 12.4. The Hall–Kier alpha value is -2.82. The van der Waals surface area contributed by atoms with E-state index in [1.807, 2.05) is 36.4 Å². The molecule has 2 N–H and O–H groups in total. The highest BCUT2D eigenvalue weighted by Crippen LogP contribution is 2.30. The molecule has 1 unspecified atom stereocenters. The quantitative estimate of drug-likeness (QED) is 0.744. The van der Waals surface area contributed by atoms with Gasteiger partial charge in [0.2, 0.25) is 5.91 Å². The molecule has 0 heterocycles. The summed E-state index contributed by atoms with van der Waals surface area (Å²) in [5.74, 6) is 0.834. The van der Waals surface area contributed by atoms with E-state index in [-0.39, 0.29) is 36.3 Å². The average molecular weight is 366 g/mol. The highest BCUT2D eigenvalue weighted by Gasteiger charge is 2.29. The third-order valence-corrected chi connectivity index (χ3v) is 4.56. The molecular formula is C22H26N2O3. The summed E-state index contributed by atoms with van der Waals surface area (Å²) in [6, 6.07) is 17.0. The molecule has 0 aromatic heterocycles. The van der Waals surface area contributed by atoms with E-state index in [0.717, 1.165) is 18.4 Å². The Labute approximate surface area is 160 Å². The van der Waals surface area contributed by atoms with Crippen LogP contribution < -0.4 is 15.4 Å². The Kier molecular flexibility index (Phi) is 6.12. The molecule has 1 atom stereocenters. The van der Waals surface area contributed by atoms with E-state index in [4.69, 9.17) is 4.74 Å². The van der Waals surface area contributed by atoms with Crippen molar-refractivity contribution >= 4 is 17.5 Å². The fraction of sp³-hybridized carbons (Fsp3) is 0.364. The number of ether oxygens (including phenoxy) is 1. The van der Waals surface area contributed by atoms with Crippen LogP contribution in [0.4, 0.5) is 5.69 Å². The minimum atomic E-state index is -0.176. The topological polar surface area (TPSA) is 67.4 Å². The zero-order valence-electron chi connectivity index (χ0n) is 15.8.